The average Bonchev–Trinajstić information content (AvgIpc) is 3.24. The number of hydrogen-bond acceptors (Lipinski definition) is 7. The number of carbonyl (C=O) groups excluding carboxylic acids is 3. The Morgan fingerprint density at radius 2 is 1.82 bits per heavy atom. The number of ether oxygens (including phenoxy) is 1. The fraction of sp³-hybridized carbons (Fsp3) is 0.167. The highest BCUT2D eigenvalue weighted by Crippen LogP contribution is 2.22. The number of rotatable bonds is 10. The molecule has 0 bridgehead atoms. The van der Waals surface area contributed by atoms with Crippen LogP contribution < -0.4 is 10.6 Å². The van der Waals surface area contributed by atoms with Crippen LogP contribution in [0.4, 0.5) is 10.8 Å². The number of benzene rings is 2. The Kier molecular flexibility index (Phi) is 9.22. The first kappa shape index (κ1) is 24.2. The van der Waals surface area contributed by atoms with E-state index in [-0.39, 0.29) is 30.0 Å². The Bertz CT molecular complexity index is 1110. The number of carbonyl (C=O) groups is 3. The van der Waals surface area contributed by atoms with Crippen molar-refractivity contribution in [2.24, 2.45) is 0 Å². The van der Waals surface area contributed by atoms with E-state index in [1.165, 1.54) is 29.2 Å². The molecule has 3 aromatic rings. The molecule has 9 heteroatoms. The molecular weight excluding hydrogens is 458 g/mol. The third kappa shape index (κ3) is 8.55. The minimum atomic E-state index is -0.344. The Balaban J connectivity index is 1.42. The molecule has 0 atom stereocenters. The van der Waals surface area contributed by atoms with Crippen LogP contribution in [-0.2, 0) is 25.5 Å². The molecule has 0 aliphatic carbocycles. The maximum Gasteiger partial charge on any atom is 0.311 e. The topological polar surface area (TPSA) is 97.4 Å². The van der Waals surface area contributed by atoms with Crippen LogP contribution in [0.5, 0.6) is 0 Å². The molecule has 0 unspecified atom stereocenters. The van der Waals surface area contributed by atoms with E-state index in [0.717, 1.165) is 10.5 Å². The maximum atomic E-state index is 12.2. The molecule has 1 heterocycles. The molecule has 170 valence electrons. The van der Waals surface area contributed by atoms with Crippen LogP contribution in [0.15, 0.2) is 70.9 Å². The summed E-state index contributed by atoms with van der Waals surface area (Å²) in [6, 6.07) is 16.8. The molecule has 0 saturated carbocycles. The van der Waals surface area contributed by atoms with Gasteiger partial charge < -0.3 is 15.4 Å². The number of anilines is 2. The van der Waals surface area contributed by atoms with Crippen molar-refractivity contribution in [2.75, 3.05) is 23.0 Å². The van der Waals surface area contributed by atoms with E-state index in [1.807, 2.05) is 42.5 Å². The summed E-state index contributed by atoms with van der Waals surface area (Å²) in [4.78, 5) is 40.9. The van der Waals surface area contributed by atoms with Crippen LogP contribution in [0.2, 0.25) is 0 Å². The lowest BCUT2D eigenvalue weighted by Crippen LogP contribution is -2.14. The van der Waals surface area contributed by atoms with Gasteiger partial charge in [0.05, 0.1) is 24.5 Å². The summed E-state index contributed by atoms with van der Waals surface area (Å²) < 4.78 is 4.89. The van der Waals surface area contributed by atoms with Crippen molar-refractivity contribution in [3.8, 4) is 0 Å². The van der Waals surface area contributed by atoms with E-state index in [4.69, 9.17) is 4.74 Å². The molecule has 1 aromatic heterocycles. The Morgan fingerprint density at radius 3 is 2.55 bits per heavy atom. The molecule has 2 amide bonds. The van der Waals surface area contributed by atoms with Crippen LogP contribution in [-0.4, -0.2) is 35.1 Å². The first-order valence-electron chi connectivity index (χ1n) is 10.2. The lowest BCUT2D eigenvalue weighted by Gasteiger charge is -2.05. The van der Waals surface area contributed by atoms with Crippen LogP contribution in [0.25, 0.3) is 6.08 Å². The zero-order valence-corrected chi connectivity index (χ0v) is 19.6. The average molecular weight is 482 g/mol. The molecule has 0 fully saturated rings. The van der Waals surface area contributed by atoms with Gasteiger partial charge in [0, 0.05) is 22.0 Å². The Hall–Kier alpha value is -3.43. The monoisotopic (exact) mass is 481 g/mol. The highest BCUT2D eigenvalue weighted by molar-refractivity contribution is 8.00. The fourth-order valence-electron chi connectivity index (χ4n) is 2.66. The molecule has 2 N–H and O–H groups in total. The van der Waals surface area contributed by atoms with Gasteiger partial charge in [0.2, 0.25) is 11.8 Å². The number of esters is 1. The number of hydrogen-bond donors (Lipinski definition) is 2. The van der Waals surface area contributed by atoms with E-state index in [1.54, 1.807) is 30.5 Å². The standard InChI is InChI=1S/C24H23N3O4S2/c1-2-31-23(30)14-19-15-33-24(26-19)27-22(29)16-32-20-11-9-18(10-12-20)25-21(28)13-8-17-6-4-3-5-7-17/h3-13,15H,2,14,16H2,1H3,(H,25,28)(H,26,27,29)/b13-8+. The van der Waals surface area contributed by atoms with E-state index < -0.39 is 0 Å². The molecular formula is C24H23N3O4S2. The SMILES string of the molecule is CCOC(=O)Cc1csc(NC(=O)CSc2ccc(NC(=O)/C=C/c3ccccc3)cc2)n1. The molecule has 0 aliphatic heterocycles. The lowest BCUT2D eigenvalue weighted by atomic mass is 10.2. The van der Waals surface area contributed by atoms with Gasteiger partial charge in [-0.15, -0.1) is 23.1 Å². The van der Waals surface area contributed by atoms with Crippen molar-refractivity contribution in [3.05, 3.63) is 77.3 Å². The highest BCUT2D eigenvalue weighted by Gasteiger charge is 2.11. The normalized spacial score (nSPS) is 10.7. The summed E-state index contributed by atoms with van der Waals surface area (Å²) in [6.07, 6.45) is 3.32. The predicted octanol–water partition coefficient (Wildman–Crippen LogP) is 4.63. The van der Waals surface area contributed by atoms with Crippen molar-refractivity contribution in [3.63, 3.8) is 0 Å². The zero-order chi connectivity index (χ0) is 23.5. The van der Waals surface area contributed by atoms with E-state index in [2.05, 4.69) is 15.6 Å². The molecule has 0 aliphatic rings. The zero-order valence-electron chi connectivity index (χ0n) is 17.9. The first-order valence-corrected chi connectivity index (χ1v) is 12.0. The van der Waals surface area contributed by atoms with Crippen molar-refractivity contribution < 1.29 is 19.1 Å². The number of thioether (sulfide) groups is 1. The van der Waals surface area contributed by atoms with Crippen LogP contribution >= 0.6 is 23.1 Å². The predicted molar refractivity (Wildman–Crippen MR) is 132 cm³/mol. The number of aromatic nitrogens is 1. The van der Waals surface area contributed by atoms with Crippen molar-refractivity contribution in [1.29, 1.82) is 0 Å². The largest absolute Gasteiger partial charge is 0.466 e. The maximum absolute atomic E-state index is 12.2. The number of amides is 2. The Morgan fingerprint density at radius 1 is 1.06 bits per heavy atom. The lowest BCUT2D eigenvalue weighted by molar-refractivity contribution is -0.142. The molecule has 33 heavy (non-hydrogen) atoms. The molecule has 7 nitrogen and oxygen atoms in total. The van der Waals surface area contributed by atoms with Gasteiger partial charge in [-0.1, -0.05) is 30.3 Å². The third-order valence-corrected chi connectivity index (χ3v) is 5.97. The molecule has 2 aromatic carbocycles. The third-order valence-electron chi connectivity index (χ3n) is 4.15. The van der Waals surface area contributed by atoms with Gasteiger partial charge in [0.1, 0.15) is 0 Å². The van der Waals surface area contributed by atoms with Gasteiger partial charge in [0.25, 0.3) is 0 Å². The summed E-state index contributed by atoms with van der Waals surface area (Å²) in [6.45, 7) is 2.07. The Labute approximate surface area is 200 Å². The number of nitrogens with one attached hydrogen (secondary N) is 2. The highest BCUT2D eigenvalue weighted by atomic mass is 32.2. The quantitative estimate of drug-likeness (QED) is 0.249. The van der Waals surface area contributed by atoms with E-state index >= 15 is 0 Å². The van der Waals surface area contributed by atoms with Crippen molar-refractivity contribution in [1.82, 2.24) is 4.98 Å². The number of thiazole rings is 1. The van der Waals surface area contributed by atoms with Gasteiger partial charge in [-0.2, -0.15) is 0 Å². The first-order chi connectivity index (χ1) is 16.0. The molecule has 0 spiro atoms. The smallest absolute Gasteiger partial charge is 0.311 e. The molecule has 0 saturated heterocycles. The second kappa shape index (κ2) is 12.6. The van der Waals surface area contributed by atoms with Crippen LogP contribution in [0.1, 0.15) is 18.2 Å². The van der Waals surface area contributed by atoms with Gasteiger partial charge in [-0.25, -0.2) is 4.98 Å². The van der Waals surface area contributed by atoms with E-state index in [9.17, 15) is 14.4 Å². The number of nitrogens with zero attached hydrogens (tertiary/aromatic N) is 1. The second-order valence-corrected chi connectivity index (χ2v) is 8.63. The molecule has 3 rings (SSSR count). The molecule has 0 radical (unpaired) electrons. The van der Waals surface area contributed by atoms with Gasteiger partial charge >= 0.3 is 5.97 Å². The van der Waals surface area contributed by atoms with Crippen molar-refractivity contribution >= 4 is 57.8 Å². The van der Waals surface area contributed by atoms with Crippen molar-refractivity contribution in [2.45, 2.75) is 18.2 Å². The van der Waals surface area contributed by atoms with E-state index in [0.29, 0.717) is 23.1 Å². The summed E-state index contributed by atoms with van der Waals surface area (Å²) in [7, 11) is 0. The summed E-state index contributed by atoms with van der Waals surface area (Å²) in [5.41, 5.74) is 2.19. The van der Waals surface area contributed by atoms with Gasteiger partial charge in [-0.3, -0.25) is 14.4 Å². The minimum absolute atomic E-state index is 0.0832. The van der Waals surface area contributed by atoms with Crippen LogP contribution in [0.3, 0.4) is 0 Å². The van der Waals surface area contributed by atoms with Gasteiger partial charge in [-0.05, 0) is 42.8 Å². The van der Waals surface area contributed by atoms with Crippen LogP contribution in [0, 0.1) is 0 Å². The van der Waals surface area contributed by atoms with Gasteiger partial charge in [0.15, 0.2) is 5.13 Å². The summed E-state index contributed by atoms with van der Waals surface area (Å²) in [5.74, 6) is -0.550. The second-order valence-electron chi connectivity index (χ2n) is 6.72. The summed E-state index contributed by atoms with van der Waals surface area (Å²) in [5, 5.41) is 7.71. The fourth-order valence-corrected chi connectivity index (χ4v) is 4.09. The summed E-state index contributed by atoms with van der Waals surface area (Å²) >= 11 is 2.63. The minimum Gasteiger partial charge on any atom is -0.466 e.